The van der Waals surface area contributed by atoms with Crippen molar-refractivity contribution >= 4 is 33.5 Å². The Labute approximate surface area is 184 Å². The molecule has 160 valence electrons. The summed E-state index contributed by atoms with van der Waals surface area (Å²) < 4.78 is 25.4. The summed E-state index contributed by atoms with van der Waals surface area (Å²) in [7, 11) is 1.55. The van der Waals surface area contributed by atoms with Gasteiger partial charge >= 0.3 is 5.97 Å². The summed E-state index contributed by atoms with van der Waals surface area (Å²) in [4.78, 5) is 27.8. The fourth-order valence-electron chi connectivity index (χ4n) is 3.49. The van der Waals surface area contributed by atoms with Crippen LogP contribution in [0.3, 0.4) is 0 Å². The molecule has 0 bridgehead atoms. The summed E-state index contributed by atoms with van der Waals surface area (Å²) in [6.07, 6.45) is 0.854. The van der Waals surface area contributed by atoms with Gasteiger partial charge in [-0.1, -0.05) is 12.1 Å². The maximum absolute atomic E-state index is 13.8. The highest BCUT2D eigenvalue weighted by atomic mass is 79.9. The smallest absolute Gasteiger partial charge is 0.319 e. The third kappa shape index (κ3) is 5.01. The number of anilines is 1. The maximum Gasteiger partial charge on any atom is 0.319 e. The maximum atomic E-state index is 13.8. The molecule has 5 nitrogen and oxygen atoms in total. The zero-order chi connectivity index (χ0) is 22.1. The summed E-state index contributed by atoms with van der Waals surface area (Å²) in [5, 5.41) is 0. The molecule has 0 N–H and O–H groups in total. The number of esters is 1. The Morgan fingerprint density at radius 3 is 2.63 bits per heavy atom. The van der Waals surface area contributed by atoms with Crippen molar-refractivity contribution in [1.82, 2.24) is 0 Å². The molecule has 0 saturated carbocycles. The molecule has 1 aliphatic heterocycles. The van der Waals surface area contributed by atoms with Gasteiger partial charge in [0.1, 0.15) is 23.1 Å². The van der Waals surface area contributed by atoms with E-state index in [-0.39, 0.29) is 18.3 Å². The average molecular weight is 478 g/mol. The van der Waals surface area contributed by atoms with E-state index < -0.39 is 17.5 Å². The number of benzene rings is 2. The van der Waals surface area contributed by atoms with E-state index in [2.05, 4.69) is 15.9 Å². The predicted octanol–water partition coefficient (Wildman–Crippen LogP) is 5.03. The largest absolute Gasteiger partial charge is 0.495 e. The van der Waals surface area contributed by atoms with Crippen molar-refractivity contribution in [1.29, 1.82) is 0 Å². The molecule has 0 spiro atoms. The molecule has 7 heteroatoms. The number of hydrogen-bond acceptors (Lipinski definition) is 4. The lowest BCUT2D eigenvalue weighted by molar-refractivity contribution is -0.162. The quantitative estimate of drug-likeness (QED) is 0.457. The number of carbonyl (C=O) groups excluding carboxylic acids is 2. The Balaban J connectivity index is 2.05. The van der Waals surface area contributed by atoms with Gasteiger partial charge in [0, 0.05) is 6.07 Å². The van der Waals surface area contributed by atoms with Crippen molar-refractivity contribution in [2.24, 2.45) is 5.92 Å². The van der Waals surface area contributed by atoms with Crippen molar-refractivity contribution in [3.63, 3.8) is 0 Å². The van der Waals surface area contributed by atoms with Crippen LogP contribution in [0.4, 0.5) is 10.1 Å². The van der Waals surface area contributed by atoms with Crippen LogP contribution in [0.2, 0.25) is 0 Å². The standard InChI is InChI=1S/C23H25BrFNO4/c1-23(2,3)30-22(28)17-9-8-15-11-18(24)20(29-4)12-19(15)26(21(17)27)13-14-6-5-7-16(25)10-14/h5-7,10-12,17H,8-9,13H2,1-4H3/t17-/m1/s1. The van der Waals surface area contributed by atoms with E-state index in [1.807, 2.05) is 6.07 Å². The van der Waals surface area contributed by atoms with E-state index in [4.69, 9.17) is 9.47 Å². The Hall–Kier alpha value is -2.41. The number of fused-ring (bicyclic) bond motifs is 1. The Bertz CT molecular complexity index is 970. The molecule has 1 atom stereocenters. The normalized spacial score (nSPS) is 16.7. The minimum absolute atomic E-state index is 0.133. The number of rotatable bonds is 4. The summed E-state index contributed by atoms with van der Waals surface area (Å²) >= 11 is 3.49. The van der Waals surface area contributed by atoms with Crippen molar-refractivity contribution in [2.45, 2.75) is 45.8 Å². The van der Waals surface area contributed by atoms with Gasteiger partial charge in [0.15, 0.2) is 0 Å². The first-order chi connectivity index (χ1) is 14.1. The fraction of sp³-hybridized carbons (Fsp3) is 0.391. The topological polar surface area (TPSA) is 55.8 Å². The third-order valence-corrected chi connectivity index (χ3v) is 5.45. The zero-order valence-corrected chi connectivity index (χ0v) is 19.1. The molecule has 1 heterocycles. The van der Waals surface area contributed by atoms with E-state index in [0.29, 0.717) is 29.8 Å². The van der Waals surface area contributed by atoms with Crippen LogP contribution in [-0.2, 0) is 27.3 Å². The summed E-state index contributed by atoms with van der Waals surface area (Å²) in [5.41, 5.74) is 1.48. The molecule has 1 amide bonds. The second-order valence-electron chi connectivity index (χ2n) is 8.29. The lowest BCUT2D eigenvalue weighted by atomic mass is 10.00. The van der Waals surface area contributed by atoms with Gasteiger partial charge in [0.25, 0.3) is 0 Å². The zero-order valence-electron chi connectivity index (χ0n) is 17.5. The molecule has 3 rings (SSSR count). The lowest BCUT2D eigenvalue weighted by Gasteiger charge is -2.28. The number of aryl methyl sites for hydroxylation is 1. The van der Waals surface area contributed by atoms with Crippen LogP contribution in [0.15, 0.2) is 40.9 Å². The monoisotopic (exact) mass is 477 g/mol. The lowest BCUT2D eigenvalue weighted by Crippen LogP contribution is -2.41. The Morgan fingerprint density at radius 1 is 1.27 bits per heavy atom. The minimum atomic E-state index is -0.935. The van der Waals surface area contributed by atoms with E-state index in [9.17, 15) is 14.0 Å². The molecule has 1 aliphatic rings. The highest BCUT2D eigenvalue weighted by Gasteiger charge is 2.38. The fourth-order valence-corrected chi connectivity index (χ4v) is 4.05. The summed E-state index contributed by atoms with van der Waals surface area (Å²) in [5.74, 6) is -1.66. The third-order valence-electron chi connectivity index (χ3n) is 4.83. The van der Waals surface area contributed by atoms with Crippen LogP contribution < -0.4 is 9.64 Å². The number of carbonyl (C=O) groups is 2. The second kappa shape index (κ2) is 8.76. The molecular weight excluding hydrogens is 453 g/mol. The number of ether oxygens (including phenoxy) is 2. The van der Waals surface area contributed by atoms with Crippen LogP contribution in [0.1, 0.15) is 38.3 Å². The van der Waals surface area contributed by atoms with Gasteiger partial charge in [0.05, 0.1) is 23.8 Å². The molecule has 0 unspecified atom stereocenters. The molecule has 0 aromatic heterocycles. The van der Waals surface area contributed by atoms with Crippen LogP contribution in [0, 0.1) is 11.7 Å². The minimum Gasteiger partial charge on any atom is -0.495 e. The average Bonchev–Trinajstić information content (AvgIpc) is 2.77. The van der Waals surface area contributed by atoms with Crippen molar-refractivity contribution < 1.29 is 23.5 Å². The Morgan fingerprint density at radius 2 is 2.00 bits per heavy atom. The SMILES string of the molecule is COc1cc2c(cc1Br)CC[C@@H](C(=O)OC(C)(C)C)C(=O)N2Cc1cccc(F)c1. The number of methoxy groups -OCH3 is 1. The predicted molar refractivity (Wildman–Crippen MR) is 116 cm³/mol. The molecular formula is C23H25BrFNO4. The van der Waals surface area contributed by atoms with Gasteiger partial charge < -0.3 is 14.4 Å². The van der Waals surface area contributed by atoms with Crippen LogP contribution in [-0.4, -0.2) is 24.6 Å². The van der Waals surface area contributed by atoms with Crippen LogP contribution in [0.5, 0.6) is 5.75 Å². The van der Waals surface area contributed by atoms with Gasteiger partial charge in [0.2, 0.25) is 5.91 Å². The number of halogens is 2. The highest BCUT2D eigenvalue weighted by Crippen LogP contribution is 2.38. The number of nitrogens with zero attached hydrogens (tertiary/aromatic N) is 1. The summed E-state index contributed by atoms with van der Waals surface area (Å²) in [6, 6.07) is 9.76. The van der Waals surface area contributed by atoms with E-state index in [0.717, 1.165) is 10.0 Å². The van der Waals surface area contributed by atoms with E-state index in [1.165, 1.54) is 17.0 Å². The van der Waals surface area contributed by atoms with Crippen LogP contribution >= 0.6 is 15.9 Å². The van der Waals surface area contributed by atoms with Gasteiger partial charge in [-0.2, -0.15) is 0 Å². The molecule has 0 aliphatic carbocycles. The van der Waals surface area contributed by atoms with Gasteiger partial charge in [-0.15, -0.1) is 0 Å². The van der Waals surface area contributed by atoms with Gasteiger partial charge in [-0.05, 0) is 78.9 Å². The molecule has 0 saturated heterocycles. The van der Waals surface area contributed by atoms with Crippen molar-refractivity contribution in [2.75, 3.05) is 12.0 Å². The second-order valence-corrected chi connectivity index (χ2v) is 9.15. The molecule has 2 aromatic carbocycles. The first-order valence-electron chi connectivity index (χ1n) is 9.74. The van der Waals surface area contributed by atoms with Crippen molar-refractivity contribution in [3.8, 4) is 5.75 Å². The van der Waals surface area contributed by atoms with Gasteiger partial charge in [-0.25, -0.2) is 4.39 Å². The summed E-state index contributed by atoms with van der Waals surface area (Å²) in [6.45, 7) is 5.45. The highest BCUT2D eigenvalue weighted by molar-refractivity contribution is 9.10. The first kappa shape index (κ1) is 22.3. The number of amides is 1. The molecule has 0 fully saturated rings. The Kier molecular flexibility index (Phi) is 6.50. The molecule has 2 aromatic rings. The number of hydrogen-bond donors (Lipinski definition) is 0. The van der Waals surface area contributed by atoms with E-state index in [1.54, 1.807) is 46.1 Å². The van der Waals surface area contributed by atoms with Gasteiger partial charge in [-0.3, -0.25) is 9.59 Å². The molecule has 30 heavy (non-hydrogen) atoms. The van der Waals surface area contributed by atoms with E-state index >= 15 is 0 Å². The van der Waals surface area contributed by atoms with Crippen LogP contribution in [0.25, 0.3) is 0 Å². The molecule has 0 radical (unpaired) electrons. The van der Waals surface area contributed by atoms with Crippen molar-refractivity contribution in [3.05, 3.63) is 57.8 Å². The first-order valence-corrected chi connectivity index (χ1v) is 10.5.